The Kier molecular flexibility index (Phi) is 4.86. The maximum atomic E-state index is 12.2. The van der Waals surface area contributed by atoms with Gasteiger partial charge >= 0.3 is 5.97 Å². The Bertz CT molecular complexity index is 1160. The zero-order valence-corrected chi connectivity index (χ0v) is 15.5. The number of carbonyl (C=O) groups excluding carboxylic acids is 3. The fourth-order valence-electron chi connectivity index (χ4n) is 3.04. The van der Waals surface area contributed by atoms with E-state index < -0.39 is 18.5 Å². The maximum absolute atomic E-state index is 12.2. The second-order valence-corrected chi connectivity index (χ2v) is 6.36. The second kappa shape index (κ2) is 7.63. The molecule has 2 heterocycles. The minimum Gasteiger partial charge on any atom is -0.495 e. The molecule has 9 heteroatoms. The molecule has 3 aromatic rings. The number of amides is 2. The molecule has 0 spiro atoms. The fraction of sp³-hybridized carbons (Fsp3) is 0.200. The molecular formula is C20H17N3O6. The lowest BCUT2D eigenvalue weighted by atomic mass is 10.1. The van der Waals surface area contributed by atoms with Crippen molar-refractivity contribution in [3.63, 3.8) is 0 Å². The number of benzene rings is 2. The highest BCUT2D eigenvalue weighted by Gasteiger charge is 2.21. The number of fused-ring (bicyclic) bond motifs is 3. The normalized spacial score (nSPS) is 13.7. The quantitative estimate of drug-likeness (QED) is 0.640. The van der Waals surface area contributed by atoms with Crippen LogP contribution < -0.4 is 15.5 Å². The molecule has 2 aromatic carbocycles. The molecule has 2 amide bonds. The summed E-state index contributed by atoms with van der Waals surface area (Å²) in [5.74, 6) is -1.12. The van der Waals surface area contributed by atoms with E-state index in [1.807, 2.05) is 24.3 Å². The van der Waals surface area contributed by atoms with Crippen LogP contribution in [0.3, 0.4) is 0 Å². The van der Waals surface area contributed by atoms with Crippen molar-refractivity contribution in [3.8, 4) is 5.75 Å². The smallest absolute Gasteiger partial charge is 0.355 e. The lowest BCUT2D eigenvalue weighted by Gasteiger charge is -2.12. The number of anilines is 1. The average Bonchev–Trinajstić information content (AvgIpc) is 3.09. The molecule has 9 nitrogen and oxygen atoms in total. The van der Waals surface area contributed by atoms with Crippen molar-refractivity contribution >= 4 is 51.1 Å². The van der Waals surface area contributed by atoms with Crippen LogP contribution in [-0.2, 0) is 19.1 Å². The van der Waals surface area contributed by atoms with Crippen molar-refractivity contribution in [1.82, 2.24) is 5.43 Å². The Morgan fingerprint density at radius 1 is 1.17 bits per heavy atom. The van der Waals surface area contributed by atoms with Crippen molar-refractivity contribution in [2.24, 2.45) is 5.10 Å². The van der Waals surface area contributed by atoms with E-state index in [9.17, 15) is 14.4 Å². The van der Waals surface area contributed by atoms with Gasteiger partial charge in [0.15, 0.2) is 6.61 Å². The van der Waals surface area contributed by atoms with E-state index in [0.29, 0.717) is 17.0 Å². The Morgan fingerprint density at radius 2 is 2.00 bits per heavy atom. The van der Waals surface area contributed by atoms with Gasteiger partial charge in [-0.25, -0.2) is 10.2 Å². The second-order valence-electron chi connectivity index (χ2n) is 6.36. The highest BCUT2D eigenvalue weighted by atomic mass is 16.5. The summed E-state index contributed by atoms with van der Waals surface area (Å²) in [6.45, 7) is -0.507. The van der Waals surface area contributed by atoms with Crippen LogP contribution in [0.1, 0.15) is 12.8 Å². The number of methoxy groups -OCH3 is 1. The Morgan fingerprint density at radius 3 is 2.76 bits per heavy atom. The van der Waals surface area contributed by atoms with Gasteiger partial charge in [-0.1, -0.05) is 18.2 Å². The van der Waals surface area contributed by atoms with Crippen LogP contribution in [0, 0.1) is 0 Å². The molecule has 0 saturated carbocycles. The first kappa shape index (κ1) is 18.5. The number of esters is 1. The van der Waals surface area contributed by atoms with Crippen LogP contribution in [0.15, 0.2) is 45.9 Å². The monoisotopic (exact) mass is 395 g/mol. The molecule has 0 radical (unpaired) electrons. The van der Waals surface area contributed by atoms with Crippen LogP contribution in [-0.4, -0.2) is 37.2 Å². The summed E-state index contributed by atoms with van der Waals surface area (Å²) >= 11 is 0. The third-order valence-electron chi connectivity index (χ3n) is 4.45. The Labute approximate surface area is 164 Å². The molecule has 1 aliphatic rings. The topological polar surface area (TPSA) is 119 Å². The highest BCUT2D eigenvalue weighted by Crippen LogP contribution is 2.36. The minimum absolute atomic E-state index is 0.0682. The number of hydrazone groups is 1. The van der Waals surface area contributed by atoms with Gasteiger partial charge in [0.2, 0.25) is 5.91 Å². The van der Waals surface area contributed by atoms with Crippen molar-refractivity contribution in [3.05, 3.63) is 36.4 Å². The molecule has 1 aliphatic heterocycles. The van der Waals surface area contributed by atoms with Crippen LogP contribution >= 0.6 is 0 Å². The van der Waals surface area contributed by atoms with Crippen LogP contribution in [0.4, 0.5) is 5.69 Å². The van der Waals surface area contributed by atoms with Gasteiger partial charge in [0, 0.05) is 29.7 Å². The molecule has 2 N–H and O–H groups in total. The molecule has 0 aliphatic carbocycles. The van der Waals surface area contributed by atoms with Gasteiger partial charge < -0.3 is 19.2 Å². The first-order chi connectivity index (χ1) is 14.0. The molecule has 0 unspecified atom stereocenters. The molecule has 1 aromatic heterocycles. The van der Waals surface area contributed by atoms with Crippen molar-refractivity contribution in [2.45, 2.75) is 12.8 Å². The number of para-hydroxylation sites is 1. The third kappa shape index (κ3) is 3.75. The largest absolute Gasteiger partial charge is 0.495 e. The van der Waals surface area contributed by atoms with Gasteiger partial charge in [0.25, 0.3) is 5.91 Å². The SMILES string of the molecule is COc1cc2c(cc1NC(=O)COC(=O)C1=NNC(=O)CC1)oc1ccccc12. The van der Waals surface area contributed by atoms with Crippen molar-refractivity contribution < 1.29 is 28.3 Å². The Balaban J connectivity index is 1.48. The lowest BCUT2D eigenvalue weighted by Crippen LogP contribution is -2.32. The minimum atomic E-state index is -0.750. The molecule has 148 valence electrons. The molecule has 29 heavy (non-hydrogen) atoms. The molecule has 4 rings (SSSR count). The number of hydrogen-bond acceptors (Lipinski definition) is 7. The summed E-state index contributed by atoms with van der Waals surface area (Å²) in [5, 5.41) is 8.08. The van der Waals surface area contributed by atoms with Crippen molar-refractivity contribution in [2.75, 3.05) is 19.0 Å². The third-order valence-corrected chi connectivity index (χ3v) is 4.45. The Hall–Kier alpha value is -3.88. The average molecular weight is 395 g/mol. The number of ether oxygens (including phenoxy) is 2. The molecule has 0 saturated heterocycles. The summed E-state index contributed by atoms with van der Waals surface area (Å²) < 4.78 is 16.2. The number of hydrogen-bond donors (Lipinski definition) is 2. The van der Waals surface area contributed by atoms with Gasteiger partial charge in [-0.15, -0.1) is 0 Å². The summed E-state index contributed by atoms with van der Waals surface area (Å²) in [6, 6.07) is 11.0. The number of nitrogens with zero attached hydrogens (tertiary/aromatic N) is 1. The van der Waals surface area contributed by atoms with Gasteiger partial charge in [-0.2, -0.15) is 5.10 Å². The van der Waals surface area contributed by atoms with Gasteiger partial charge in [0.1, 0.15) is 22.6 Å². The molecule has 0 atom stereocenters. The van der Waals surface area contributed by atoms with E-state index in [0.717, 1.165) is 16.4 Å². The highest BCUT2D eigenvalue weighted by molar-refractivity contribution is 6.37. The standard InChI is InChI=1S/C20H17N3O6/c1-27-17-8-12-11-4-2-3-5-15(11)29-16(12)9-14(17)21-19(25)10-28-20(26)13-6-7-18(24)23-22-13/h2-5,8-9H,6-7,10H2,1H3,(H,21,25)(H,23,24). The van der Waals surface area contributed by atoms with Crippen LogP contribution in [0.2, 0.25) is 0 Å². The van der Waals surface area contributed by atoms with Crippen LogP contribution in [0.5, 0.6) is 5.75 Å². The first-order valence-corrected chi connectivity index (χ1v) is 8.87. The summed E-state index contributed by atoms with van der Waals surface area (Å²) in [7, 11) is 1.49. The molecule has 0 bridgehead atoms. The van der Waals surface area contributed by atoms with E-state index in [1.165, 1.54) is 7.11 Å². The zero-order valence-electron chi connectivity index (χ0n) is 15.5. The van der Waals surface area contributed by atoms with E-state index in [-0.39, 0.29) is 24.5 Å². The van der Waals surface area contributed by atoms with E-state index in [2.05, 4.69) is 15.8 Å². The number of rotatable bonds is 5. The van der Waals surface area contributed by atoms with E-state index >= 15 is 0 Å². The van der Waals surface area contributed by atoms with Crippen LogP contribution in [0.25, 0.3) is 21.9 Å². The lowest BCUT2D eigenvalue weighted by molar-refractivity contribution is -0.140. The summed E-state index contributed by atoms with van der Waals surface area (Å²) in [6.07, 6.45) is 0.317. The van der Waals surface area contributed by atoms with Gasteiger partial charge in [-0.05, 0) is 12.1 Å². The van der Waals surface area contributed by atoms with Crippen molar-refractivity contribution in [1.29, 1.82) is 0 Å². The fourth-order valence-corrected chi connectivity index (χ4v) is 3.04. The number of carbonyl (C=O) groups is 3. The van der Waals surface area contributed by atoms with Gasteiger partial charge in [0.05, 0.1) is 12.8 Å². The number of furan rings is 1. The molecular weight excluding hydrogens is 378 g/mol. The first-order valence-electron chi connectivity index (χ1n) is 8.87. The van der Waals surface area contributed by atoms with E-state index in [1.54, 1.807) is 12.1 Å². The van der Waals surface area contributed by atoms with Gasteiger partial charge in [-0.3, -0.25) is 9.59 Å². The van der Waals surface area contributed by atoms with E-state index in [4.69, 9.17) is 13.9 Å². The number of nitrogens with one attached hydrogen (secondary N) is 2. The maximum Gasteiger partial charge on any atom is 0.355 e. The predicted molar refractivity (Wildman–Crippen MR) is 105 cm³/mol. The summed E-state index contributed by atoms with van der Waals surface area (Å²) in [4.78, 5) is 35.2. The predicted octanol–water partition coefficient (Wildman–Crippen LogP) is 2.34. The molecule has 0 fully saturated rings. The zero-order chi connectivity index (χ0) is 20.4. The summed E-state index contributed by atoms with van der Waals surface area (Å²) in [5.41, 5.74) is 3.98.